The molecule has 0 atom stereocenters. The molecule has 0 saturated carbocycles. The molecule has 23 heavy (non-hydrogen) atoms. The Kier molecular flexibility index (Phi) is 3.87. The Morgan fingerprint density at radius 3 is 2.30 bits per heavy atom. The first-order valence-corrected chi connectivity index (χ1v) is 7.70. The van der Waals surface area contributed by atoms with Gasteiger partial charge in [-0.05, 0) is 13.8 Å². The predicted molar refractivity (Wildman–Crippen MR) is 82.2 cm³/mol. The molecule has 0 bridgehead atoms. The van der Waals surface area contributed by atoms with Gasteiger partial charge in [-0.1, -0.05) is 0 Å². The summed E-state index contributed by atoms with van der Waals surface area (Å²) in [5.74, 6) is -1.35. The Hall–Kier alpha value is -2.68. The number of carbonyl (C=O) groups is 3. The van der Waals surface area contributed by atoms with Gasteiger partial charge in [0, 0.05) is 30.2 Å². The van der Waals surface area contributed by atoms with Crippen molar-refractivity contribution < 1.29 is 14.4 Å². The summed E-state index contributed by atoms with van der Waals surface area (Å²) in [6.07, 6.45) is 2.70. The first-order valence-electron chi connectivity index (χ1n) is 6.88. The number of nitrogens with one attached hydrogen (secondary N) is 1. The number of nitrogens with zero attached hydrogens (tertiary/aromatic N) is 4. The number of thiazole rings is 1. The normalized spacial score (nSPS) is 13.4. The fraction of sp³-hybridized carbons (Fsp3) is 0.286. The van der Waals surface area contributed by atoms with Crippen molar-refractivity contribution in [2.24, 2.45) is 0 Å². The molecule has 2 aromatic rings. The fourth-order valence-corrected chi connectivity index (χ4v) is 2.95. The first-order chi connectivity index (χ1) is 11.0. The molecule has 0 spiro atoms. The monoisotopic (exact) mass is 331 g/mol. The molecule has 0 radical (unpaired) electrons. The molecule has 8 nitrogen and oxygen atoms in total. The number of carbonyl (C=O) groups excluding carboxylic acids is 3. The molecule has 118 valence electrons. The van der Waals surface area contributed by atoms with Gasteiger partial charge in [-0.25, -0.2) is 15.0 Å². The maximum Gasteiger partial charge on any atom is 0.281 e. The zero-order chi connectivity index (χ0) is 16.6. The highest BCUT2D eigenvalue weighted by Crippen LogP contribution is 2.22. The van der Waals surface area contributed by atoms with Crippen LogP contribution in [0.2, 0.25) is 0 Å². The lowest BCUT2D eigenvalue weighted by Crippen LogP contribution is -2.33. The topological polar surface area (TPSA) is 105 Å². The van der Waals surface area contributed by atoms with Crippen LogP contribution in [0.5, 0.6) is 0 Å². The van der Waals surface area contributed by atoms with Crippen LogP contribution in [0.1, 0.15) is 38.0 Å². The molecule has 2 aromatic heterocycles. The molecule has 9 heteroatoms. The number of hydrogen-bond donors (Lipinski definition) is 1. The molecule has 3 amide bonds. The van der Waals surface area contributed by atoms with Crippen molar-refractivity contribution >= 4 is 34.2 Å². The van der Waals surface area contributed by atoms with Crippen LogP contribution in [0, 0.1) is 13.8 Å². The number of hydrogen-bond acceptors (Lipinski definition) is 7. The number of amides is 3. The largest absolute Gasteiger partial charge is 0.302 e. The van der Waals surface area contributed by atoms with Crippen LogP contribution in [0.3, 0.4) is 0 Å². The van der Waals surface area contributed by atoms with E-state index in [4.69, 9.17) is 0 Å². The summed E-state index contributed by atoms with van der Waals surface area (Å²) < 4.78 is 0. The van der Waals surface area contributed by atoms with Crippen LogP contribution >= 0.6 is 11.3 Å². The minimum absolute atomic E-state index is 0.0108. The van der Waals surface area contributed by atoms with Crippen LogP contribution in [0.4, 0.5) is 5.13 Å². The molecule has 0 saturated heterocycles. The quantitative estimate of drug-likeness (QED) is 0.843. The van der Waals surface area contributed by atoms with Gasteiger partial charge in [-0.3, -0.25) is 19.3 Å². The van der Waals surface area contributed by atoms with E-state index in [0.29, 0.717) is 5.13 Å². The van der Waals surface area contributed by atoms with Gasteiger partial charge in [0.25, 0.3) is 11.8 Å². The number of aromatic nitrogens is 3. The van der Waals surface area contributed by atoms with Gasteiger partial charge in [0.2, 0.25) is 5.91 Å². The molecular formula is C14H13N5O3S. The Morgan fingerprint density at radius 2 is 1.78 bits per heavy atom. The number of rotatable bonds is 4. The average molecular weight is 331 g/mol. The number of anilines is 1. The molecule has 1 N–H and O–H groups in total. The highest BCUT2D eigenvalue weighted by Gasteiger charge is 2.38. The molecular weight excluding hydrogens is 318 g/mol. The van der Waals surface area contributed by atoms with E-state index in [-0.39, 0.29) is 30.3 Å². The van der Waals surface area contributed by atoms with Gasteiger partial charge in [0.05, 0.1) is 5.69 Å². The van der Waals surface area contributed by atoms with Crippen LogP contribution in [-0.2, 0) is 4.79 Å². The van der Waals surface area contributed by atoms with Crippen LogP contribution in [-0.4, -0.2) is 44.1 Å². The van der Waals surface area contributed by atoms with Crippen LogP contribution in [0.15, 0.2) is 12.4 Å². The summed E-state index contributed by atoms with van der Waals surface area (Å²) >= 11 is 1.38. The molecule has 3 heterocycles. The Balaban J connectivity index is 1.62. The summed E-state index contributed by atoms with van der Waals surface area (Å²) in [7, 11) is 0. The van der Waals surface area contributed by atoms with Crippen molar-refractivity contribution in [3.63, 3.8) is 0 Å². The summed E-state index contributed by atoms with van der Waals surface area (Å²) in [6.45, 7) is 3.76. The van der Waals surface area contributed by atoms with Crippen molar-refractivity contribution in [3.8, 4) is 0 Å². The minimum Gasteiger partial charge on any atom is -0.302 e. The lowest BCUT2D eigenvalue weighted by atomic mass is 10.3. The Morgan fingerprint density at radius 1 is 1.17 bits per heavy atom. The zero-order valence-corrected chi connectivity index (χ0v) is 13.3. The van der Waals surface area contributed by atoms with Crippen molar-refractivity contribution in [3.05, 3.63) is 34.4 Å². The maximum absolute atomic E-state index is 12.1. The van der Waals surface area contributed by atoms with Crippen molar-refractivity contribution in [2.45, 2.75) is 20.3 Å². The number of imide groups is 1. The van der Waals surface area contributed by atoms with Gasteiger partial charge in [-0.15, -0.1) is 11.3 Å². The van der Waals surface area contributed by atoms with Crippen molar-refractivity contribution in [2.75, 3.05) is 11.9 Å². The van der Waals surface area contributed by atoms with E-state index in [1.54, 1.807) is 0 Å². The fourth-order valence-electron chi connectivity index (χ4n) is 2.12. The van der Waals surface area contributed by atoms with E-state index in [0.717, 1.165) is 15.5 Å². The molecule has 3 rings (SSSR count). The minimum atomic E-state index is -0.521. The average Bonchev–Trinajstić information content (AvgIpc) is 2.96. The maximum atomic E-state index is 12.1. The van der Waals surface area contributed by atoms with E-state index in [9.17, 15) is 14.4 Å². The van der Waals surface area contributed by atoms with Crippen molar-refractivity contribution in [1.29, 1.82) is 0 Å². The molecule has 0 fully saturated rings. The third-order valence-corrected chi connectivity index (χ3v) is 4.42. The van der Waals surface area contributed by atoms with E-state index in [2.05, 4.69) is 20.3 Å². The summed E-state index contributed by atoms with van der Waals surface area (Å²) in [5.41, 5.74) is 0.927. The SMILES string of the molecule is Cc1nc(NC(=O)CCN2C(=O)c3nccnc3C2=O)sc1C. The van der Waals surface area contributed by atoms with Crippen LogP contribution < -0.4 is 5.32 Å². The van der Waals surface area contributed by atoms with Crippen LogP contribution in [0.25, 0.3) is 0 Å². The Bertz CT molecular complexity index is 762. The molecule has 0 aromatic carbocycles. The second kappa shape index (κ2) is 5.84. The lowest BCUT2D eigenvalue weighted by Gasteiger charge is -2.12. The van der Waals surface area contributed by atoms with E-state index in [1.165, 1.54) is 23.7 Å². The van der Waals surface area contributed by atoms with Gasteiger partial charge < -0.3 is 5.32 Å². The zero-order valence-electron chi connectivity index (χ0n) is 12.5. The molecule has 0 unspecified atom stereocenters. The highest BCUT2D eigenvalue weighted by atomic mass is 32.1. The predicted octanol–water partition coefficient (Wildman–Crippen LogP) is 1.17. The third-order valence-electron chi connectivity index (χ3n) is 3.43. The van der Waals surface area contributed by atoms with Gasteiger partial charge >= 0.3 is 0 Å². The summed E-state index contributed by atoms with van der Waals surface area (Å²) in [5, 5.41) is 3.18. The first kappa shape index (κ1) is 15.2. The molecule has 1 aliphatic rings. The number of aryl methyl sites for hydroxylation is 2. The van der Waals surface area contributed by atoms with E-state index < -0.39 is 11.8 Å². The van der Waals surface area contributed by atoms with Gasteiger partial charge in [0.15, 0.2) is 16.5 Å². The smallest absolute Gasteiger partial charge is 0.281 e. The standard InChI is InChI=1S/C14H13N5O3S/c1-7-8(2)23-14(17-7)18-9(20)3-6-19-12(21)10-11(13(19)22)16-5-4-15-10/h4-5H,3,6H2,1-2H3,(H,17,18,20). The third kappa shape index (κ3) is 2.82. The highest BCUT2D eigenvalue weighted by molar-refractivity contribution is 7.15. The molecule has 0 aliphatic carbocycles. The summed E-state index contributed by atoms with van der Waals surface area (Å²) in [6, 6.07) is 0. The van der Waals surface area contributed by atoms with Gasteiger partial charge in [-0.2, -0.15) is 0 Å². The van der Waals surface area contributed by atoms with E-state index in [1.807, 2.05) is 13.8 Å². The second-order valence-electron chi connectivity index (χ2n) is 4.97. The van der Waals surface area contributed by atoms with Gasteiger partial charge in [0.1, 0.15) is 0 Å². The summed E-state index contributed by atoms with van der Waals surface area (Å²) in [4.78, 5) is 50.1. The second-order valence-corrected chi connectivity index (χ2v) is 6.18. The lowest BCUT2D eigenvalue weighted by molar-refractivity contribution is -0.116. The molecule has 1 aliphatic heterocycles. The van der Waals surface area contributed by atoms with E-state index >= 15 is 0 Å². The Labute approximate surface area is 135 Å². The van der Waals surface area contributed by atoms with Crippen molar-refractivity contribution in [1.82, 2.24) is 19.9 Å². The number of fused-ring (bicyclic) bond motifs is 1.